The number of fused-ring (bicyclic) bond motifs is 3. The number of hydrogen-bond acceptors (Lipinski definition) is 5. The van der Waals surface area contributed by atoms with Gasteiger partial charge in [-0.25, -0.2) is 4.98 Å². The first-order valence-corrected chi connectivity index (χ1v) is 9.11. The molecule has 5 rings (SSSR count). The number of pyridine rings is 1. The van der Waals surface area contributed by atoms with Crippen LogP contribution >= 0.6 is 0 Å². The van der Waals surface area contributed by atoms with Gasteiger partial charge < -0.3 is 19.5 Å². The maximum absolute atomic E-state index is 14.2. The molecule has 3 aliphatic heterocycles. The van der Waals surface area contributed by atoms with Crippen molar-refractivity contribution in [2.75, 3.05) is 6.79 Å². The molecule has 1 N–H and O–H groups in total. The number of piperidine rings is 1. The second-order valence-electron chi connectivity index (χ2n) is 7.45. The number of carbonyl (C=O) groups is 1. The van der Waals surface area contributed by atoms with E-state index in [9.17, 15) is 14.3 Å². The van der Waals surface area contributed by atoms with Crippen LogP contribution in [0.5, 0.6) is 11.5 Å². The summed E-state index contributed by atoms with van der Waals surface area (Å²) in [4.78, 5) is 18.7. The van der Waals surface area contributed by atoms with Gasteiger partial charge in [0.05, 0.1) is 5.60 Å². The molecule has 0 radical (unpaired) electrons. The molecule has 6 nitrogen and oxygen atoms in total. The van der Waals surface area contributed by atoms with E-state index in [1.165, 1.54) is 6.20 Å². The Kier molecular flexibility index (Phi) is 3.62. The fourth-order valence-corrected chi connectivity index (χ4v) is 4.69. The lowest BCUT2D eigenvalue weighted by atomic mass is 9.80. The van der Waals surface area contributed by atoms with Crippen LogP contribution in [-0.4, -0.2) is 39.8 Å². The Bertz CT molecular complexity index is 905. The molecule has 27 heavy (non-hydrogen) atoms. The molecule has 0 unspecified atom stereocenters. The van der Waals surface area contributed by atoms with Gasteiger partial charge >= 0.3 is 0 Å². The van der Waals surface area contributed by atoms with Gasteiger partial charge in [0.1, 0.15) is 0 Å². The van der Waals surface area contributed by atoms with Gasteiger partial charge in [-0.05, 0) is 37.1 Å². The number of carbonyl (C=O) groups excluding carboxylic acids is 1. The monoisotopic (exact) mass is 370 g/mol. The van der Waals surface area contributed by atoms with Crippen molar-refractivity contribution in [3.05, 3.63) is 53.6 Å². The standard InChI is InChI=1S/C20H19FN2O4/c21-18-15(2-1-7-22-18)20(25)9-13-4-5-14(10-20)23(13)19(24)12-3-6-16-17(8-12)27-11-26-16/h1-3,6-8,13-14,25H,4-5,9-11H2/t13-,14-/m0/s1. The van der Waals surface area contributed by atoms with E-state index in [1.54, 1.807) is 30.3 Å². The molecule has 2 aromatic rings. The molecule has 2 atom stereocenters. The first kappa shape index (κ1) is 16.5. The normalized spacial score (nSPS) is 28.4. The van der Waals surface area contributed by atoms with Gasteiger partial charge in [0.2, 0.25) is 12.7 Å². The average Bonchev–Trinajstić information content (AvgIpc) is 3.23. The molecular formula is C20H19FN2O4. The number of aliphatic hydroxyl groups is 1. The fourth-order valence-electron chi connectivity index (χ4n) is 4.69. The van der Waals surface area contributed by atoms with Crippen LogP contribution in [0.4, 0.5) is 4.39 Å². The molecule has 0 aliphatic carbocycles. The summed E-state index contributed by atoms with van der Waals surface area (Å²) in [6.07, 6.45) is 3.58. The van der Waals surface area contributed by atoms with Crippen LogP contribution in [0.25, 0.3) is 0 Å². The van der Waals surface area contributed by atoms with Crippen LogP contribution in [0.15, 0.2) is 36.5 Å². The highest BCUT2D eigenvalue weighted by Gasteiger charge is 2.51. The quantitative estimate of drug-likeness (QED) is 0.823. The van der Waals surface area contributed by atoms with Crippen molar-refractivity contribution in [2.24, 2.45) is 0 Å². The number of halogens is 1. The second kappa shape index (κ2) is 5.92. The van der Waals surface area contributed by atoms with Gasteiger partial charge in [-0.2, -0.15) is 4.39 Å². The molecule has 1 aromatic heterocycles. The van der Waals surface area contributed by atoms with Gasteiger partial charge in [-0.3, -0.25) is 4.79 Å². The third kappa shape index (κ3) is 2.56. The maximum Gasteiger partial charge on any atom is 0.254 e. The van der Waals surface area contributed by atoms with Crippen molar-refractivity contribution in [1.82, 2.24) is 9.88 Å². The minimum Gasteiger partial charge on any atom is -0.454 e. The predicted molar refractivity (Wildman–Crippen MR) is 92.9 cm³/mol. The summed E-state index contributed by atoms with van der Waals surface area (Å²) >= 11 is 0. The largest absolute Gasteiger partial charge is 0.454 e. The molecule has 1 aromatic carbocycles. The molecule has 0 saturated carbocycles. The van der Waals surface area contributed by atoms with Gasteiger partial charge in [0.15, 0.2) is 11.5 Å². The lowest BCUT2D eigenvalue weighted by Crippen LogP contribution is -2.52. The van der Waals surface area contributed by atoms with Gasteiger partial charge in [-0.15, -0.1) is 0 Å². The number of hydrogen-bond donors (Lipinski definition) is 1. The molecule has 1 amide bonds. The summed E-state index contributed by atoms with van der Waals surface area (Å²) in [6, 6.07) is 8.11. The maximum atomic E-state index is 14.2. The first-order valence-electron chi connectivity index (χ1n) is 9.11. The Morgan fingerprint density at radius 2 is 1.93 bits per heavy atom. The summed E-state index contributed by atoms with van der Waals surface area (Å²) in [6.45, 7) is 0.158. The number of ether oxygens (including phenoxy) is 2. The second-order valence-corrected chi connectivity index (χ2v) is 7.45. The van der Waals surface area contributed by atoms with Crippen LogP contribution < -0.4 is 9.47 Å². The highest BCUT2D eigenvalue weighted by Crippen LogP contribution is 2.47. The Morgan fingerprint density at radius 1 is 1.19 bits per heavy atom. The number of nitrogens with zero attached hydrogens (tertiary/aromatic N) is 2. The smallest absolute Gasteiger partial charge is 0.254 e. The third-order valence-corrected chi connectivity index (χ3v) is 5.88. The summed E-state index contributed by atoms with van der Waals surface area (Å²) in [7, 11) is 0. The molecule has 3 aliphatic rings. The van der Waals surface area contributed by atoms with E-state index in [4.69, 9.17) is 9.47 Å². The van der Waals surface area contributed by atoms with E-state index in [2.05, 4.69) is 4.98 Å². The van der Waals surface area contributed by atoms with Crippen molar-refractivity contribution in [3.8, 4) is 11.5 Å². The molecule has 0 spiro atoms. The van der Waals surface area contributed by atoms with E-state index in [0.29, 0.717) is 29.9 Å². The number of benzene rings is 1. The van der Waals surface area contributed by atoms with E-state index >= 15 is 0 Å². The molecule has 140 valence electrons. The fraction of sp³-hybridized carbons (Fsp3) is 0.400. The summed E-state index contributed by atoms with van der Waals surface area (Å²) in [5, 5.41) is 11.1. The molecule has 2 bridgehead atoms. The van der Waals surface area contributed by atoms with Crippen LogP contribution in [-0.2, 0) is 5.60 Å². The van der Waals surface area contributed by atoms with Crippen LogP contribution in [0.2, 0.25) is 0 Å². The zero-order valence-corrected chi connectivity index (χ0v) is 14.6. The summed E-state index contributed by atoms with van der Waals surface area (Å²) < 4.78 is 24.8. The van der Waals surface area contributed by atoms with Gasteiger partial charge in [-0.1, -0.05) is 6.07 Å². The van der Waals surface area contributed by atoms with Crippen molar-refractivity contribution < 1.29 is 23.8 Å². The van der Waals surface area contributed by atoms with Crippen molar-refractivity contribution >= 4 is 5.91 Å². The number of rotatable bonds is 2. The SMILES string of the molecule is O=C(c1ccc2c(c1)OCO2)N1[C@H]2CC[C@H]1CC(O)(c1cccnc1F)C2. The lowest BCUT2D eigenvalue weighted by molar-refractivity contribution is -0.0504. The number of aromatic nitrogens is 1. The highest BCUT2D eigenvalue weighted by molar-refractivity contribution is 5.95. The van der Waals surface area contributed by atoms with E-state index in [-0.39, 0.29) is 30.3 Å². The first-order chi connectivity index (χ1) is 13.0. The third-order valence-electron chi connectivity index (χ3n) is 5.88. The summed E-state index contributed by atoms with van der Waals surface area (Å²) in [5.41, 5.74) is -0.540. The van der Waals surface area contributed by atoms with Gasteiger partial charge in [0, 0.05) is 42.2 Å². The Balaban J connectivity index is 1.42. The van der Waals surface area contributed by atoms with Crippen molar-refractivity contribution in [3.63, 3.8) is 0 Å². The number of amides is 1. The minimum absolute atomic E-state index is 0.0884. The predicted octanol–water partition coefficient (Wildman–Crippen LogP) is 2.60. The molecule has 2 fully saturated rings. The zero-order valence-electron chi connectivity index (χ0n) is 14.6. The van der Waals surface area contributed by atoms with E-state index in [1.807, 2.05) is 4.90 Å². The van der Waals surface area contributed by atoms with Crippen LogP contribution in [0, 0.1) is 5.95 Å². The van der Waals surface area contributed by atoms with Crippen LogP contribution in [0.3, 0.4) is 0 Å². The highest BCUT2D eigenvalue weighted by atomic mass is 19.1. The molecule has 2 saturated heterocycles. The van der Waals surface area contributed by atoms with E-state index < -0.39 is 11.5 Å². The Morgan fingerprint density at radius 3 is 2.67 bits per heavy atom. The minimum atomic E-state index is -1.30. The van der Waals surface area contributed by atoms with E-state index in [0.717, 1.165) is 12.8 Å². The van der Waals surface area contributed by atoms with Crippen molar-refractivity contribution in [2.45, 2.75) is 43.4 Å². The Hall–Kier alpha value is -2.67. The molecule has 4 heterocycles. The topological polar surface area (TPSA) is 71.9 Å². The zero-order chi connectivity index (χ0) is 18.6. The van der Waals surface area contributed by atoms with Crippen molar-refractivity contribution in [1.29, 1.82) is 0 Å². The molecular weight excluding hydrogens is 351 g/mol. The summed E-state index contributed by atoms with van der Waals surface area (Å²) in [5.74, 6) is 0.471. The van der Waals surface area contributed by atoms with Crippen LogP contribution in [0.1, 0.15) is 41.6 Å². The lowest BCUT2D eigenvalue weighted by Gasteiger charge is -2.44. The Labute approximate surface area is 155 Å². The molecule has 7 heteroatoms. The van der Waals surface area contributed by atoms with Gasteiger partial charge in [0.25, 0.3) is 5.91 Å². The average molecular weight is 370 g/mol.